The van der Waals surface area contributed by atoms with E-state index in [9.17, 15) is 4.79 Å². The molecule has 0 unspecified atom stereocenters. The van der Waals surface area contributed by atoms with Gasteiger partial charge in [0.2, 0.25) is 0 Å². The maximum absolute atomic E-state index is 11.7. The van der Waals surface area contributed by atoms with Crippen molar-refractivity contribution in [1.82, 2.24) is 9.97 Å². The van der Waals surface area contributed by atoms with Crippen LogP contribution in [0.1, 0.15) is 43.1 Å². The summed E-state index contributed by atoms with van der Waals surface area (Å²) >= 11 is 0. The van der Waals surface area contributed by atoms with Crippen molar-refractivity contribution in [2.75, 3.05) is 12.8 Å². The van der Waals surface area contributed by atoms with Crippen LogP contribution in [0.5, 0.6) is 5.75 Å². The Morgan fingerprint density at radius 2 is 2.00 bits per heavy atom. The third-order valence-electron chi connectivity index (χ3n) is 4.57. The number of nitrogen functional groups attached to an aromatic ring is 1. The molecule has 1 aliphatic carbocycles. The number of ether oxygens (including phenoxy) is 2. The molecular formula is C19H23N3O3. The van der Waals surface area contributed by atoms with Crippen molar-refractivity contribution < 1.29 is 14.3 Å². The first kappa shape index (κ1) is 17.2. The molecule has 0 spiro atoms. The van der Waals surface area contributed by atoms with Crippen molar-refractivity contribution in [1.29, 1.82) is 0 Å². The predicted octanol–water partition coefficient (Wildman–Crippen LogP) is 3.47. The van der Waals surface area contributed by atoms with Gasteiger partial charge in [-0.25, -0.2) is 14.8 Å². The van der Waals surface area contributed by atoms with Crippen molar-refractivity contribution in [3.05, 3.63) is 36.2 Å². The van der Waals surface area contributed by atoms with Crippen molar-refractivity contribution in [3.63, 3.8) is 0 Å². The first-order valence-corrected chi connectivity index (χ1v) is 8.54. The molecule has 0 aliphatic heterocycles. The number of rotatable bonds is 4. The van der Waals surface area contributed by atoms with E-state index in [0.29, 0.717) is 5.69 Å². The SMILES string of the molecule is COC(=O)c1nc(-c2cccc(OC3CCC(C)CC3)c2)cnc1N. The standard InChI is InChI=1S/C19H23N3O3/c1-12-6-8-14(9-7-12)25-15-5-3-4-13(10-15)16-11-21-18(20)17(22-16)19(23)24-2/h3-5,10-12,14H,6-9H2,1-2H3,(H2,20,21). The molecule has 0 amide bonds. The summed E-state index contributed by atoms with van der Waals surface area (Å²) < 4.78 is 10.8. The Hall–Kier alpha value is -2.63. The number of anilines is 1. The van der Waals surface area contributed by atoms with Gasteiger partial charge in [0.1, 0.15) is 5.75 Å². The van der Waals surface area contributed by atoms with Crippen LogP contribution in [0.25, 0.3) is 11.3 Å². The molecule has 6 heteroatoms. The number of esters is 1. The van der Waals surface area contributed by atoms with Gasteiger partial charge in [0.15, 0.2) is 11.5 Å². The van der Waals surface area contributed by atoms with Gasteiger partial charge in [-0.15, -0.1) is 0 Å². The summed E-state index contributed by atoms with van der Waals surface area (Å²) in [4.78, 5) is 20.1. The zero-order valence-corrected chi connectivity index (χ0v) is 14.6. The van der Waals surface area contributed by atoms with Crippen LogP contribution in [0.3, 0.4) is 0 Å². The number of nitrogens with two attached hydrogens (primary N) is 1. The molecule has 1 aromatic heterocycles. The highest BCUT2D eigenvalue weighted by atomic mass is 16.5. The van der Waals surface area contributed by atoms with Gasteiger partial charge in [0.05, 0.1) is 25.1 Å². The number of nitrogens with zero attached hydrogens (tertiary/aromatic N) is 2. The van der Waals surface area contributed by atoms with Crippen LogP contribution in [-0.4, -0.2) is 29.2 Å². The zero-order chi connectivity index (χ0) is 17.8. The Balaban J connectivity index is 1.80. The molecule has 3 rings (SSSR count). The fourth-order valence-corrected chi connectivity index (χ4v) is 3.05. The fourth-order valence-electron chi connectivity index (χ4n) is 3.05. The molecule has 25 heavy (non-hydrogen) atoms. The normalized spacial score (nSPS) is 20.1. The van der Waals surface area contributed by atoms with Crippen LogP contribution in [0.2, 0.25) is 0 Å². The van der Waals surface area contributed by atoms with E-state index >= 15 is 0 Å². The number of hydrogen-bond acceptors (Lipinski definition) is 6. The lowest BCUT2D eigenvalue weighted by Gasteiger charge is -2.27. The molecular weight excluding hydrogens is 318 g/mol. The molecule has 1 saturated carbocycles. The Morgan fingerprint density at radius 3 is 2.72 bits per heavy atom. The molecule has 1 aromatic carbocycles. The summed E-state index contributed by atoms with van der Waals surface area (Å²) in [5.41, 5.74) is 7.10. The third kappa shape index (κ3) is 4.07. The Morgan fingerprint density at radius 1 is 1.24 bits per heavy atom. The predicted molar refractivity (Wildman–Crippen MR) is 95.3 cm³/mol. The number of aromatic nitrogens is 2. The maximum atomic E-state index is 11.7. The van der Waals surface area contributed by atoms with Crippen molar-refractivity contribution in [2.45, 2.75) is 38.7 Å². The van der Waals surface area contributed by atoms with Gasteiger partial charge in [-0.2, -0.15) is 0 Å². The molecule has 1 aliphatic rings. The quantitative estimate of drug-likeness (QED) is 0.857. The summed E-state index contributed by atoms with van der Waals surface area (Å²) in [5, 5.41) is 0. The van der Waals surface area contributed by atoms with E-state index in [0.717, 1.165) is 30.1 Å². The van der Waals surface area contributed by atoms with Gasteiger partial charge in [-0.05, 0) is 43.7 Å². The van der Waals surface area contributed by atoms with Gasteiger partial charge >= 0.3 is 5.97 Å². The van der Waals surface area contributed by atoms with Crippen molar-refractivity contribution >= 4 is 11.8 Å². The second-order valence-electron chi connectivity index (χ2n) is 6.51. The van der Waals surface area contributed by atoms with Gasteiger partial charge in [0.25, 0.3) is 0 Å². The Labute approximate surface area is 147 Å². The van der Waals surface area contributed by atoms with E-state index in [-0.39, 0.29) is 17.6 Å². The number of carbonyl (C=O) groups excluding carboxylic acids is 1. The minimum absolute atomic E-state index is 0.0209. The maximum Gasteiger partial charge on any atom is 0.360 e. The van der Waals surface area contributed by atoms with Gasteiger partial charge < -0.3 is 15.2 Å². The minimum Gasteiger partial charge on any atom is -0.490 e. The fraction of sp³-hybridized carbons (Fsp3) is 0.421. The highest BCUT2D eigenvalue weighted by molar-refractivity contribution is 5.92. The van der Waals surface area contributed by atoms with Gasteiger partial charge in [0, 0.05) is 5.56 Å². The molecule has 0 saturated heterocycles. The molecule has 132 valence electrons. The van der Waals surface area contributed by atoms with Crippen LogP contribution in [0.15, 0.2) is 30.5 Å². The van der Waals surface area contributed by atoms with Crippen LogP contribution in [0, 0.1) is 5.92 Å². The van der Waals surface area contributed by atoms with E-state index in [1.54, 1.807) is 6.20 Å². The molecule has 2 N–H and O–H groups in total. The second-order valence-corrected chi connectivity index (χ2v) is 6.51. The molecule has 0 atom stereocenters. The lowest BCUT2D eigenvalue weighted by Crippen LogP contribution is -2.23. The zero-order valence-electron chi connectivity index (χ0n) is 14.6. The van der Waals surface area contributed by atoms with E-state index in [1.165, 1.54) is 20.0 Å². The molecule has 1 fully saturated rings. The summed E-state index contributed by atoms with van der Waals surface area (Å²) in [7, 11) is 1.29. The topological polar surface area (TPSA) is 87.3 Å². The minimum atomic E-state index is -0.601. The number of carbonyl (C=O) groups is 1. The Kier molecular flexibility index (Phi) is 5.16. The van der Waals surface area contributed by atoms with Crippen molar-refractivity contribution in [3.8, 4) is 17.0 Å². The van der Waals surface area contributed by atoms with E-state index in [2.05, 4.69) is 16.9 Å². The largest absolute Gasteiger partial charge is 0.490 e. The molecule has 0 bridgehead atoms. The summed E-state index contributed by atoms with van der Waals surface area (Å²) in [6, 6.07) is 7.66. The summed E-state index contributed by atoms with van der Waals surface area (Å²) in [6.07, 6.45) is 6.38. The average Bonchev–Trinajstić information content (AvgIpc) is 2.63. The third-order valence-corrected chi connectivity index (χ3v) is 4.57. The van der Waals surface area contributed by atoms with Crippen LogP contribution in [0.4, 0.5) is 5.82 Å². The molecule has 0 radical (unpaired) electrons. The monoisotopic (exact) mass is 341 g/mol. The average molecular weight is 341 g/mol. The summed E-state index contributed by atoms with van der Waals surface area (Å²) in [5.74, 6) is 1.04. The molecule has 1 heterocycles. The summed E-state index contributed by atoms with van der Waals surface area (Å²) in [6.45, 7) is 2.29. The second kappa shape index (κ2) is 7.51. The molecule has 2 aromatic rings. The van der Waals surface area contributed by atoms with E-state index < -0.39 is 5.97 Å². The van der Waals surface area contributed by atoms with Crippen LogP contribution in [-0.2, 0) is 4.74 Å². The number of methoxy groups -OCH3 is 1. The van der Waals surface area contributed by atoms with Crippen molar-refractivity contribution in [2.24, 2.45) is 5.92 Å². The van der Waals surface area contributed by atoms with E-state index in [1.807, 2.05) is 24.3 Å². The van der Waals surface area contributed by atoms with E-state index in [4.69, 9.17) is 15.2 Å². The first-order valence-electron chi connectivity index (χ1n) is 8.54. The van der Waals surface area contributed by atoms with Crippen LogP contribution >= 0.6 is 0 Å². The lowest BCUT2D eigenvalue weighted by molar-refractivity contribution is 0.0595. The number of hydrogen-bond donors (Lipinski definition) is 1. The van der Waals surface area contributed by atoms with Gasteiger partial charge in [-0.3, -0.25) is 0 Å². The smallest absolute Gasteiger partial charge is 0.360 e. The van der Waals surface area contributed by atoms with Crippen LogP contribution < -0.4 is 10.5 Å². The Bertz CT molecular complexity index is 755. The first-order chi connectivity index (χ1) is 12.1. The molecule has 6 nitrogen and oxygen atoms in total. The van der Waals surface area contributed by atoms with Gasteiger partial charge in [-0.1, -0.05) is 19.1 Å². The highest BCUT2D eigenvalue weighted by Crippen LogP contribution is 2.29. The highest BCUT2D eigenvalue weighted by Gasteiger charge is 2.20. The lowest BCUT2D eigenvalue weighted by atomic mass is 9.89. The number of benzene rings is 1.